The van der Waals surface area contributed by atoms with Crippen molar-refractivity contribution in [2.24, 2.45) is 5.92 Å². The van der Waals surface area contributed by atoms with Crippen LogP contribution in [-0.2, 0) is 19.0 Å². The van der Waals surface area contributed by atoms with Gasteiger partial charge in [0.05, 0.1) is 6.10 Å². The van der Waals surface area contributed by atoms with Crippen LogP contribution < -0.4 is 11.0 Å². The number of aromatic nitrogens is 2. The zero-order chi connectivity index (χ0) is 23.5. The molecule has 2 N–H and O–H groups in total. The minimum absolute atomic E-state index is 0.163. The van der Waals surface area contributed by atoms with Gasteiger partial charge in [-0.3, -0.25) is 4.57 Å². The molecule has 0 aliphatic carbocycles. The Bertz CT molecular complexity index is 860. The number of aliphatic hydroxyl groups is 1. The SMILES string of the molecule is Cc1cn([C@@H]2CC(O)[C@H](COC(=O)C(NC(=O)OC(C)(C)C)C(C)C)O2)c(=O)nc1C. The maximum absolute atomic E-state index is 12.5. The van der Waals surface area contributed by atoms with Gasteiger partial charge in [-0.15, -0.1) is 0 Å². The number of nitrogens with one attached hydrogen (secondary N) is 1. The molecule has 1 fully saturated rings. The molecule has 0 saturated carbocycles. The first kappa shape index (κ1) is 24.8. The van der Waals surface area contributed by atoms with Gasteiger partial charge < -0.3 is 24.6 Å². The molecule has 2 unspecified atom stereocenters. The van der Waals surface area contributed by atoms with Gasteiger partial charge in [-0.25, -0.2) is 14.4 Å². The summed E-state index contributed by atoms with van der Waals surface area (Å²) < 4.78 is 17.6. The molecule has 31 heavy (non-hydrogen) atoms. The van der Waals surface area contributed by atoms with Gasteiger partial charge in [0, 0.05) is 18.3 Å². The molecule has 4 atom stereocenters. The first-order valence-electron chi connectivity index (χ1n) is 10.3. The van der Waals surface area contributed by atoms with Crippen LogP contribution in [0.4, 0.5) is 4.79 Å². The van der Waals surface area contributed by atoms with Crippen LogP contribution in [0.5, 0.6) is 0 Å². The third-order valence-corrected chi connectivity index (χ3v) is 4.88. The number of nitrogens with zero attached hydrogens (tertiary/aromatic N) is 2. The average Bonchev–Trinajstić information content (AvgIpc) is 2.99. The Morgan fingerprint density at radius 3 is 2.58 bits per heavy atom. The van der Waals surface area contributed by atoms with E-state index in [-0.39, 0.29) is 18.9 Å². The summed E-state index contributed by atoms with van der Waals surface area (Å²) in [5, 5.41) is 12.8. The van der Waals surface area contributed by atoms with Gasteiger partial charge in [0.1, 0.15) is 30.6 Å². The number of carbonyl (C=O) groups is 2. The van der Waals surface area contributed by atoms with Crippen LogP contribution >= 0.6 is 0 Å². The summed E-state index contributed by atoms with van der Waals surface area (Å²) in [4.78, 5) is 40.7. The summed E-state index contributed by atoms with van der Waals surface area (Å²) in [6.07, 6.45) is -1.37. The van der Waals surface area contributed by atoms with Crippen LogP contribution in [0.15, 0.2) is 11.0 Å². The Morgan fingerprint density at radius 1 is 1.35 bits per heavy atom. The second kappa shape index (κ2) is 9.78. The van der Waals surface area contributed by atoms with Gasteiger partial charge in [0.25, 0.3) is 0 Å². The number of hydrogen-bond donors (Lipinski definition) is 2. The molecule has 1 amide bonds. The van der Waals surface area contributed by atoms with Crippen LogP contribution in [0.2, 0.25) is 0 Å². The molecule has 1 aromatic heterocycles. The number of alkyl carbamates (subject to hydrolysis) is 1. The molecule has 10 nitrogen and oxygen atoms in total. The average molecular weight is 440 g/mol. The highest BCUT2D eigenvalue weighted by Crippen LogP contribution is 2.28. The van der Waals surface area contributed by atoms with Gasteiger partial charge in [-0.05, 0) is 46.1 Å². The fraction of sp³-hybridized carbons (Fsp3) is 0.714. The van der Waals surface area contributed by atoms with Crippen molar-refractivity contribution in [1.82, 2.24) is 14.9 Å². The lowest BCUT2D eigenvalue weighted by molar-refractivity contribution is -0.153. The van der Waals surface area contributed by atoms with Crippen LogP contribution in [0.25, 0.3) is 0 Å². The molecular formula is C21H33N3O7. The highest BCUT2D eigenvalue weighted by atomic mass is 16.6. The van der Waals surface area contributed by atoms with Crippen LogP contribution in [0, 0.1) is 19.8 Å². The molecule has 0 aromatic carbocycles. The number of carbonyl (C=O) groups excluding carboxylic acids is 2. The summed E-state index contributed by atoms with van der Waals surface area (Å²) in [6, 6.07) is -0.921. The smallest absolute Gasteiger partial charge is 0.408 e. The third-order valence-electron chi connectivity index (χ3n) is 4.88. The molecule has 1 saturated heterocycles. The molecule has 0 radical (unpaired) electrons. The monoisotopic (exact) mass is 439 g/mol. The first-order valence-corrected chi connectivity index (χ1v) is 10.3. The van der Waals surface area contributed by atoms with Gasteiger partial charge in [-0.2, -0.15) is 4.98 Å². The van der Waals surface area contributed by atoms with Gasteiger partial charge in [-0.1, -0.05) is 13.8 Å². The van der Waals surface area contributed by atoms with Crippen molar-refractivity contribution in [3.8, 4) is 0 Å². The fourth-order valence-electron chi connectivity index (χ4n) is 3.08. The maximum Gasteiger partial charge on any atom is 0.408 e. The van der Waals surface area contributed by atoms with Crippen molar-refractivity contribution in [2.75, 3.05) is 6.61 Å². The predicted molar refractivity (Wildman–Crippen MR) is 111 cm³/mol. The van der Waals surface area contributed by atoms with Crippen molar-refractivity contribution < 1.29 is 28.9 Å². The van der Waals surface area contributed by atoms with Crippen LogP contribution in [0.3, 0.4) is 0 Å². The fourth-order valence-corrected chi connectivity index (χ4v) is 3.08. The minimum atomic E-state index is -0.928. The second-order valence-corrected chi connectivity index (χ2v) is 9.13. The summed E-state index contributed by atoms with van der Waals surface area (Å²) in [6.45, 7) is 12.0. The maximum atomic E-state index is 12.5. The first-order chi connectivity index (χ1) is 14.3. The van der Waals surface area contributed by atoms with Crippen molar-refractivity contribution in [2.45, 2.75) is 85.0 Å². The molecule has 174 valence electrons. The molecule has 1 aliphatic rings. The molecule has 1 aliphatic heterocycles. The number of esters is 1. The number of amides is 1. The third kappa shape index (κ3) is 6.76. The molecular weight excluding hydrogens is 406 g/mol. The topological polar surface area (TPSA) is 129 Å². The van der Waals surface area contributed by atoms with E-state index in [1.54, 1.807) is 47.7 Å². The molecule has 2 heterocycles. The van der Waals surface area contributed by atoms with Gasteiger partial charge in [0.15, 0.2) is 0 Å². The van der Waals surface area contributed by atoms with E-state index in [9.17, 15) is 19.5 Å². The van der Waals surface area contributed by atoms with E-state index in [2.05, 4.69) is 10.3 Å². The molecule has 0 spiro atoms. The van der Waals surface area contributed by atoms with Crippen molar-refractivity contribution in [3.05, 3.63) is 27.9 Å². The van der Waals surface area contributed by atoms with E-state index in [1.165, 1.54) is 4.57 Å². The highest BCUT2D eigenvalue weighted by molar-refractivity contribution is 5.81. The summed E-state index contributed by atoms with van der Waals surface area (Å²) in [5.74, 6) is -0.910. The van der Waals surface area contributed by atoms with E-state index in [0.29, 0.717) is 5.69 Å². The molecule has 0 bridgehead atoms. The Balaban J connectivity index is 1.98. The number of aryl methyl sites for hydroxylation is 2. The van der Waals surface area contributed by atoms with Gasteiger partial charge >= 0.3 is 17.8 Å². The van der Waals surface area contributed by atoms with Crippen molar-refractivity contribution >= 4 is 12.1 Å². The summed E-state index contributed by atoms with van der Waals surface area (Å²) in [7, 11) is 0. The largest absolute Gasteiger partial charge is 0.461 e. The highest BCUT2D eigenvalue weighted by Gasteiger charge is 2.37. The number of ether oxygens (including phenoxy) is 3. The van der Waals surface area contributed by atoms with Crippen molar-refractivity contribution in [1.29, 1.82) is 0 Å². The molecule has 1 aromatic rings. The summed E-state index contributed by atoms with van der Waals surface area (Å²) in [5.41, 5.74) is 0.274. The second-order valence-electron chi connectivity index (χ2n) is 9.13. The number of rotatable bonds is 6. The van der Waals surface area contributed by atoms with E-state index in [1.807, 2.05) is 6.92 Å². The van der Waals surface area contributed by atoms with E-state index >= 15 is 0 Å². The predicted octanol–water partition coefficient (Wildman–Crippen LogP) is 1.60. The Kier molecular flexibility index (Phi) is 7.82. The normalized spacial score (nSPS) is 22.3. The van der Waals surface area contributed by atoms with Gasteiger partial charge in [0.2, 0.25) is 0 Å². The van der Waals surface area contributed by atoms with Crippen molar-refractivity contribution in [3.63, 3.8) is 0 Å². The zero-order valence-corrected chi connectivity index (χ0v) is 19.2. The zero-order valence-electron chi connectivity index (χ0n) is 19.2. The Hall–Kier alpha value is -2.46. The summed E-state index contributed by atoms with van der Waals surface area (Å²) >= 11 is 0. The quantitative estimate of drug-likeness (QED) is 0.640. The van der Waals surface area contributed by atoms with Crippen LogP contribution in [-0.4, -0.2) is 57.2 Å². The van der Waals surface area contributed by atoms with E-state index < -0.39 is 47.8 Å². The Morgan fingerprint density at radius 2 is 2.00 bits per heavy atom. The minimum Gasteiger partial charge on any atom is -0.461 e. The lowest BCUT2D eigenvalue weighted by atomic mass is 10.1. The molecule has 2 rings (SSSR count). The lowest BCUT2D eigenvalue weighted by Crippen LogP contribution is -2.47. The number of hydrogen-bond acceptors (Lipinski definition) is 8. The molecule has 10 heteroatoms. The Labute approximate surface area is 181 Å². The van der Waals surface area contributed by atoms with E-state index in [0.717, 1.165) is 5.56 Å². The standard InChI is InChI=1S/C21H33N3O7/c1-11(2)17(23-20(28)31-21(5,6)7)18(26)29-10-15-14(25)8-16(30-15)24-9-12(3)13(4)22-19(24)27/h9,11,14-17,25H,8,10H2,1-7H3,(H,23,28)/t14?,15-,16-,17?/m0/s1. The lowest BCUT2D eigenvalue weighted by Gasteiger charge is -2.25. The van der Waals surface area contributed by atoms with Crippen LogP contribution in [0.1, 0.15) is 58.5 Å². The number of aliphatic hydroxyl groups excluding tert-OH is 1. The van der Waals surface area contributed by atoms with E-state index in [4.69, 9.17) is 14.2 Å².